The summed E-state index contributed by atoms with van der Waals surface area (Å²) in [6, 6.07) is 14.8. The topological polar surface area (TPSA) is 143 Å². The number of ether oxygens (including phenoxy) is 1. The molecule has 10 nitrogen and oxygen atoms in total. The van der Waals surface area contributed by atoms with E-state index in [0.29, 0.717) is 5.69 Å². The molecular formula is C25H26N4O6. The van der Waals surface area contributed by atoms with Crippen LogP contribution < -0.4 is 10.6 Å². The number of aliphatic hydroxyl groups excluding tert-OH is 1. The van der Waals surface area contributed by atoms with E-state index in [1.807, 2.05) is 48.5 Å². The van der Waals surface area contributed by atoms with E-state index in [2.05, 4.69) is 15.7 Å². The average Bonchev–Trinajstić information content (AvgIpc) is 3.41. The first-order valence-electron chi connectivity index (χ1n) is 11.1. The maximum Gasteiger partial charge on any atom is 0.408 e. The predicted octanol–water partition coefficient (Wildman–Crippen LogP) is 1.95. The van der Waals surface area contributed by atoms with Crippen molar-refractivity contribution < 1.29 is 29.3 Å². The number of rotatable bonds is 9. The molecule has 0 fully saturated rings. The summed E-state index contributed by atoms with van der Waals surface area (Å²) in [6.45, 7) is -0.366. The van der Waals surface area contributed by atoms with Crippen molar-refractivity contribution in [1.82, 2.24) is 20.4 Å². The zero-order valence-electron chi connectivity index (χ0n) is 19.0. The van der Waals surface area contributed by atoms with Gasteiger partial charge in [0.2, 0.25) is 5.91 Å². The Morgan fingerprint density at radius 3 is 2.20 bits per heavy atom. The number of carbonyl (C=O) groups excluding carboxylic acids is 2. The molecule has 1 aliphatic rings. The molecule has 0 saturated heterocycles. The second-order valence-electron chi connectivity index (χ2n) is 8.19. The Balaban J connectivity index is 1.49. The molecule has 2 aromatic carbocycles. The third-order valence-electron chi connectivity index (χ3n) is 6.06. The van der Waals surface area contributed by atoms with Gasteiger partial charge in [-0.25, -0.2) is 9.59 Å². The van der Waals surface area contributed by atoms with Gasteiger partial charge in [0.25, 0.3) is 0 Å². The molecule has 0 aliphatic heterocycles. The summed E-state index contributed by atoms with van der Waals surface area (Å²) in [4.78, 5) is 37.1. The molecule has 2 atom stereocenters. The van der Waals surface area contributed by atoms with Crippen LogP contribution in [0.5, 0.6) is 0 Å². The Morgan fingerprint density at radius 2 is 1.66 bits per heavy atom. The van der Waals surface area contributed by atoms with Gasteiger partial charge in [-0.2, -0.15) is 5.10 Å². The number of amides is 2. The summed E-state index contributed by atoms with van der Waals surface area (Å²) in [7, 11) is 1.59. The molecule has 0 saturated carbocycles. The molecule has 1 unspecified atom stereocenters. The fraction of sp³-hybridized carbons (Fsp3) is 0.280. The van der Waals surface area contributed by atoms with Crippen LogP contribution in [-0.4, -0.2) is 57.2 Å². The van der Waals surface area contributed by atoms with Crippen molar-refractivity contribution in [3.63, 3.8) is 0 Å². The van der Waals surface area contributed by atoms with Crippen LogP contribution in [0.3, 0.4) is 0 Å². The van der Waals surface area contributed by atoms with E-state index < -0.39 is 36.7 Å². The van der Waals surface area contributed by atoms with E-state index in [1.54, 1.807) is 7.05 Å². The van der Waals surface area contributed by atoms with Gasteiger partial charge in [-0.1, -0.05) is 48.5 Å². The Kier molecular flexibility index (Phi) is 7.11. The molecular weight excluding hydrogens is 452 g/mol. The van der Waals surface area contributed by atoms with E-state index in [4.69, 9.17) is 9.84 Å². The minimum atomic E-state index is -1.31. The highest BCUT2D eigenvalue weighted by molar-refractivity contribution is 5.90. The van der Waals surface area contributed by atoms with E-state index >= 15 is 0 Å². The van der Waals surface area contributed by atoms with Crippen molar-refractivity contribution >= 4 is 18.0 Å². The molecule has 1 aromatic heterocycles. The molecule has 3 aromatic rings. The third kappa shape index (κ3) is 5.02. The standard InChI is InChI=1S/C25H26N4O6/c1-29-21(10-12-26-29)22(23(31)27-20(11-13-30)24(32)33)28-25(34)35-14-19-17-8-4-2-6-15(17)16-7-3-5-9-18(16)19/h2-10,12,19-20,22,30H,11,13-14H2,1H3,(H,27,31)(H,28,34)(H,32,33)/t20-,22?/m1/s1. The largest absolute Gasteiger partial charge is 0.480 e. The number of carboxylic acid groups (broad SMARTS) is 1. The van der Waals surface area contributed by atoms with Gasteiger partial charge in [0.05, 0.1) is 5.69 Å². The van der Waals surface area contributed by atoms with Crippen LogP contribution in [-0.2, 0) is 21.4 Å². The summed E-state index contributed by atoms with van der Waals surface area (Å²) in [5.41, 5.74) is 4.62. The summed E-state index contributed by atoms with van der Waals surface area (Å²) in [5, 5.41) is 27.3. The molecule has 4 N–H and O–H groups in total. The van der Waals surface area contributed by atoms with Crippen LogP contribution in [0, 0.1) is 0 Å². The zero-order valence-corrected chi connectivity index (χ0v) is 19.0. The zero-order chi connectivity index (χ0) is 24.9. The number of carbonyl (C=O) groups is 3. The molecule has 182 valence electrons. The number of nitrogens with one attached hydrogen (secondary N) is 2. The quantitative estimate of drug-likeness (QED) is 0.368. The minimum Gasteiger partial charge on any atom is -0.480 e. The highest BCUT2D eigenvalue weighted by Crippen LogP contribution is 2.44. The number of nitrogens with zero attached hydrogens (tertiary/aromatic N) is 2. The van der Waals surface area contributed by atoms with Crippen molar-refractivity contribution in [3.8, 4) is 11.1 Å². The lowest BCUT2D eigenvalue weighted by Crippen LogP contribution is -2.48. The molecule has 0 radical (unpaired) electrons. The number of fused-ring (bicyclic) bond motifs is 3. The monoisotopic (exact) mass is 478 g/mol. The fourth-order valence-electron chi connectivity index (χ4n) is 4.34. The van der Waals surface area contributed by atoms with Crippen molar-refractivity contribution in [2.45, 2.75) is 24.4 Å². The summed E-state index contributed by atoms with van der Waals surface area (Å²) in [5.74, 6) is -2.21. The van der Waals surface area contributed by atoms with Gasteiger partial charge < -0.3 is 25.6 Å². The van der Waals surface area contributed by atoms with Crippen LogP contribution in [0.2, 0.25) is 0 Å². The SMILES string of the molecule is Cn1nccc1C(NC(=O)OCC1c2ccccc2-c2ccccc21)C(=O)N[C@H](CCO)C(=O)O. The van der Waals surface area contributed by atoms with Crippen molar-refractivity contribution in [3.05, 3.63) is 77.6 Å². The van der Waals surface area contributed by atoms with Gasteiger partial charge in [-0.3, -0.25) is 9.48 Å². The number of hydrogen-bond donors (Lipinski definition) is 4. The second-order valence-corrected chi connectivity index (χ2v) is 8.19. The van der Waals surface area contributed by atoms with Crippen LogP contribution in [0.15, 0.2) is 60.8 Å². The Labute approximate surface area is 201 Å². The highest BCUT2D eigenvalue weighted by atomic mass is 16.5. The van der Waals surface area contributed by atoms with Crippen LogP contribution >= 0.6 is 0 Å². The Hall–Kier alpha value is -4.18. The predicted molar refractivity (Wildman–Crippen MR) is 125 cm³/mol. The van der Waals surface area contributed by atoms with Gasteiger partial charge in [-0.05, 0) is 28.3 Å². The lowest BCUT2D eigenvalue weighted by Gasteiger charge is -2.22. The number of carboxylic acids is 1. The first-order chi connectivity index (χ1) is 16.9. The van der Waals surface area contributed by atoms with Crippen LogP contribution in [0.4, 0.5) is 4.79 Å². The van der Waals surface area contributed by atoms with Crippen molar-refractivity contribution in [2.75, 3.05) is 13.2 Å². The minimum absolute atomic E-state index is 0.0574. The van der Waals surface area contributed by atoms with E-state index in [-0.39, 0.29) is 18.9 Å². The first-order valence-corrected chi connectivity index (χ1v) is 11.1. The number of aliphatic hydroxyl groups is 1. The molecule has 1 aliphatic carbocycles. The number of aliphatic carboxylic acids is 1. The highest BCUT2D eigenvalue weighted by Gasteiger charge is 2.32. The van der Waals surface area contributed by atoms with Gasteiger partial charge in [0.1, 0.15) is 12.6 Å². The van der Waals surface area contributed by atoms with Crippen LogP contribution in [0.25, 0.3) is 11.1 Å². The number of aromatic nitrogens is 2. The third-order valence-corrected chi connectivity index (χ3v) is 6.06. The molecule has 0 spiro atoms. The fourth-order valence-corrected chi connectivity index (χ4v) is 4.34. The maximum absolute atomic E-state index is 12.9. The molecule has 2 amide bonds. The smallest absolute Gasteiger partial charge is 0.408 e. The molecule has 0 bridgehead atoms. The summed E-state index contributed by atoms with van der Waals surface area (Å²) in [6.07, 6.45) is 0.448. The molecule has 35 heavy (non-hydrogen) atoms. The van der Waals surface area contributed by atoms with Crippen LogP contribution in [0.1, 0.15) is 35.2 Å². The molecule has 10 heteroatoms. The lowest BCUT2D eigenvalue weighted by molar-refractivity contribution is -0.142. The van der Waals surface area contributed by atoms with E-state index in [9.17, 15) is 19.5 Å². The Bertz CT molecular complexity index is 1190. The molecule has 4 rings (SSSR count). The van der Waals surface area contributed by atoms with Crippen molar-refractivity contribution in [1.29, 1.82) is 0 Å². The summed E-state index contributed by atoms with van der Waals surface area (Å²) < 4.78 is 6.94. The van der Waals surface area contributed by atoms with Gasteiger partial charge in [-0.15, -0.1) is 0 Å². The normalized spacial score (nSPS) is 13.9. The lowest BCUT2D eigenvalue weighted by atomic mass is 9.98. The number of benzene rings is 2. The number of alkyl carbamates (subject to hydrolysis) is 1. The van der Waals surface area contributed by atoms with Gasteiger partial charge in [0.15, 0.2) is 6.04 Å². The second kappa shape index (κ2) is 10.4. The first kappa shape index (κ1) is 24.0. The Morgan fingerprint density at radius 1 is 1.03 bits per heavy atom. The molecule has 1 heterocycles. The number of hydrogen-bond acceptors (Lipinski definition) is 6. The van der Waals surface area contributed by atoms with Gasteiger partial charge in [0, 0.05) is 32.2 Å². The van der Waals surface area contributed by atoms with Crippen molar-refractivity contribution in [2.24, 2.45) is 7.05 Å². The van der Waals surface area contributed by atoms with E-state index in [1.165, 1.54) is 16.9 Å². The summed E-state index contributed by atoms with van der Waals surface area (Å²) >= 11 is 0. The van der Waals surface area contributed by atoms with Gasteiger partial charge >= 0.3 is 12.1 Å². The average molecular weight is 479 g/mol. The maximum atomic E-state index is 12.9. The number of aryl methyl sites for hydroxylation is 1. The van der Waals surface area contributed by atoms with E-state index in [0.717, 1.165) is 22.3 Å².